The van der Waals surface area contributed by atoms with Crippen LogP contribution in [0.3, 0.4) is 0 Å². The quantitative estimate of drug-likeness (QED) is 0.840. The summed E-state index contributed by atoms with van der Waals surface area (Å²) < 4.78 is 24.3. The van der Waals surface area contributed by atoms with E-state index in [0.717, 1.165) is 12.8 Å². The molecular weight excluding hydrogens is 288 g/mol. The Bertz CT molecular complexity index is 466. The zero-order chi connectivity index (χ0) is 10.3. The van der Waals surface area contributed by atoms with E-state index in [4.69, 9.17) is 11.6 Å². The number of rotatable bonds is 2. The summed E-state index contributed by atoms with van der Waals surface area (Å²) in [4.78, 5) is 0.327. The van der Waals surface area contributed by atoms with Crippen LogP contribution in [0.25, 0.3) is 0 Å². The van der Waals surface area contributed by atoms with Gasteiger partial charge in [-0.1, -0.05) is 11.6 Å². The van der Waals surface area contributed by atoms with E-state index >= 15 is 0 Å². The second kappa shape index (κ2) is 3.51. The van der Waals surface area contributed by atoms with Crippen LogP contribution in [0.4, 0.5) is 0 Å². The molecule has 14 heavy (non-hydrogen) atoms. The first-order chi connectivity index (χ1) is 6.51. The van der Waals surface area contributed by atoms with Crippen molar-refractivity contribution in [3.63, 3.8) is 0 Å². The lowest BCUT2D eigenvalue weighted by Crippen LogP contribution is -2.06. The molecule has 1 saturated carbocycles. The van der Waals surface area contributed by atoms with Gasteiger partial charge < -0.3 is 0 Å². The molecule has 1 aromatic rings. The highest BCUT2D eigenvalue weighted by molar-refractivity contribution is 9.10. The molecule has 0 bridgehead atoms. The molecule has 2 rings (SSSR count). The predicted octanol–water partition coefficient (Wildman–Crippen LogP) is 3.04. The summed E-state index contributed by atoms with van der Waals surface area (Å²) >= 11 is 9.06. The van der Waals surface area contributed by atoms with Crippen molar-refractivity contribution in [3.8, 4) is 0 Å². The van der Waals surface area contributed by atoms with Gasteiger partial charge in [-0.2, -0.15) is 0 Å². The van der Waals surface area contributed by atoms with Crippen LogP contribution in [-0.2, 0) is 9.84 Å². The molecule has 0 aromatic heterocycles. The molecule has 2 nitrogen and oxygen atoms in total. The van der Waals surface area contributed by atoms with Crippen LogP contribution in [0.1, 0.15) is 12.8 Å². The molecule has 0 unspecified atom stereocenters. The summed E-state index contributed by atoms with van der Waals surface area (Å²) in [6.07, 6.45) is 1.55. The summed E-state index contributed by atoms with van der Waals surface area (Å²) in [5.74, 6) is 0. The number of benzene rings is 1. The third kappa shape index (κ3) is 1.83. The van der Waals surface area contributed by atoms with Crippen molar-refractivity contribution in [3.05, 3.63) is 27.7 Å². The molecule has 1 fully saturated rings. The monoisotopic (exact) mass is 294 g/mol. The van der Waals surface area contributed by atoms with Gasteiger partial charge in [-0.05, 0) is 47.0 Å². The molecule has 1 aliphatic carbocycles. The third-order valence-electron chi connectivity index (χ3n) is 2.18. The Morgan fingerprint density at radius 1 is 1.36 bits per heavy atom. The molecule has 0 atom stereocenters. The smallest absolute Gasteiger partial charge is 0.181 e. The lowest BCUT2D eigenvalue weighted by molar-refractivity contribution is 0.595. The van der Waals surface area contributed by atoms with Crippen molar-refractivity contribution in [2.45, 2.75) is 23.0 Å². The highest BCUT2D eigenvalue weighted by Crippen LogP contribution is 2.35. The Kier molecular flexibility index (Phi) is 2.62. The predicted molar refractivity (Wildman–Crippen MR) is 59.4 cm³/mol. The zero-order valence-electron chi connectivity index (χ0n) is 7.20. The first-order valence-electron chi connectivity index (χ1n) is 4.21. The van der Waals surface area contributed by atoms with E-state index in [-0.39, 0.29) is 5.25 Å². The van der Waals surface area contributed by atoms with Crippen LogP contribution < -0.4 is 0 Å². The van der Waals surface area contributed by atoms with E-state index in [1.54, 1.807) is 12.1 Å². The van der Waals surface area contributed by atoms with Gasteiger partial charge in [0, 0.05) is 4.47 Å². The molecule has 0 heterocycles. The maximum Gasteiger partial charge on any atom is 0.181 e. The summed E-state index contributed by atoms with van der Waals surface area (Å²) in [6.45, 7) is 0. The molecule has 0 N–H and O–H groups in total. The fraction of sp³-hybridized carbons (Fsp3) is 0.333. The fourth-order valence-corrected chi connectivity index (χ4v) is 3.40. The average molecular weight is 296 g/mol. The molecule has 0 spiro atoms. The van der Waals surface area contributed by atoms with Crippen LogP contribution in [0.2, 0.25) is 5.02 Å². The Balaban J connectivity index is 2.46. The maximum absolute atomic E-state index is 11.8. The van der Waals surface area contributed by atoms with E-state index < -0.39 is 9.84 Å². The Hall–Kier alpha value is -0.0600. The number of hydrogen-bond donors (Lipinski definition) is 0. The molecule has 0 amide bonds. The second-order valence-electron chi connectivity index (χ2n) is 3.32. The molecule has 0 radical (unpaired) electrons. The van der Waals surface area contributed by atoms with E-state index in [9.17, 15) is 8.42 Å². The molecule has 0 saturated heterocycles. The molecule has 1 aliphatic rings. The first kappa shape index (κ1) is 10.5. The molecule has 76 valence electrons. The van der Waals surface area contributed by atoms with Crippen molar-refractivity contribution in [2.24, 2.45) is 0 Å². The summed E-state index contributed by atoms with van der Waals surface area (Å²) in [6, 6.07) is 4.75. The molecular formula is C9H8BrClO2S. The van der Waals surface area contributed by atoms with Crippen LogP contribution >= 0.6 is 27.5 Å². The molecule has 0 aliphatic heterocycles. The minimum absolute atomic E-state index is 0.181. The fourth-order valence-electron chi connectivity index (χ4n) is 1.22. The summed E-state index contributed by atoms with van der Waals surface area (Å²) in [7, 11) is -3.11. The zero-order valence-corrected chi connectivity index (χ0v) is 10.4. The second-order valence-corrected chi connectivity index (χ2v) is 6.81. The number of halogens is 2. The van der Waals surface area contributed by atoms with Crippen molar-refractivity contribution < 1.29 is 8.42 Å². The largest absolute Gasteiger partial charge is 0.223 e. The van der Waals surface area contributed by atoms with Gasteiger partial charge in [-0.3, -0.25) is 0 Å². The van der Waals surface area contributed by atoms with E-state index in [1.807, 2.05) is 0 Å². The highest BCUT2D eigenvalue weighted by Gasteiger charge is 2.36. The Labute approximate surface area is 96.3 Å². The van der Waals surface area contributed by atoms with Crippen molar-refractivity contribution in [2.75, 3.05) is 0 Å². The third-order valence-corrected chi connectivity index (χ3v) is 5.68. The normalized spacial score (nSPS) is 17.0. The standard InChI is InChI=1S/C9H8BrClO2S/c10-8-4-3-7(5-9(8)11)14(12,13)6-1-2-6/h3-6H,1-2H2. The van der Waals surface area contributed by atoms with Gasteiger partial charge in [-0.15, -0.1) is 0 Å². The van der Waals surface area contributed by atoms with Gasteiger partial charge in [0.05, 0.1) is 15.2 Å². The first-order valence-corrected chi connectivity index (χ1v) is 6.92. The van der Waals surface area contributed by atoms with Crippen LogP contribution in [0.5, 0.6) is 0 Å². The van der Waals surface area contributed by atoms with Gasteiger partial charge in [0.2, 0.25) is 0 Å². The van der Waals surface area contributed by atoms with Gasteiger partial charge in [-0.25, -0.2) is 8.42 Å². The van der Waals surface area contributed by atoms with Gasteiger partial charge in [0.1, 0.15) is 0 Å². The van der Waals surface area contributed by atoms with Gasteiger partial charge in [0.15, 0.2) is 9.84 Å². The Morgan fingerprint density at radius 2 is 2.00 bits per heavy atom. The van der Waals surface area contributed by atoms with Crippen molar-refractivity contribution in [1.82, 2.24) is 0 Å². The average Bonchev–Trinajstić information content (AvgIpc) is 2.92. The summed E-state index contributed by atoms with van der Waals surface area (Å²) in [5, 5.41) is 0.256. The van der Waals surface area contributed by atoms with Crippen LogP contribution in [0.15, 0.2) is 27.6 Å². The summed E-state index contributed by atoms with van der Waals surface area (Å²) in [5.41, 5.74) is 0. The SMILES string of the molecule is O=S(=O)(c1ccc(Br)c(Cl)c1)C1CC1. The minimum Gasteiger partial charge on any atom is -0.223 e. The van der Waals surface area contributed by atoms with Crippen molar-refractivity contribution >= 4 is 37.4 Å². The lowest BCUT2D eigenvalue weighted by atomic mass is 10.4. The highest BCUT2D eigenvalue weighted by atomic mass is 79.9. The van der Waals surface area contributed by atoms with E-state index in [2.05, 4.69) is 15.9 Å². The topological polar surface area (TPSA) is 34.1 Å². The van der Waals surface area contributed by atoms with Gasteiger partial charge >= 0.3 is 0 Å². The Morgan fingerprint density at radius 3 is 2.50 bits per heavy atom. The van der Waals surface area contributed by atoms with Gasteiger partial charge in [0.25, 0.3) is 0 Å². The number of hydrogen-bond acceptors (Lipinski definition) is 2. The van der Waals surface area contributed by atoms with E-state index in [1.165, 1.54) is 6.07 Å². The van der Waals surface area contributed by atoms with E-state index in [0.29, 0.717) is 14.4 Å². The molecule has 1 aromatic carbocycles. The van der Waals surface area contributed by atoms with Crippen LogP contribution in [0, 0.1) is 0 Å². The maximum atomic E-state index is 11.8. The minimum atomic E-state index is -3.11. The van der Waals surface area contributed by atoms with Crippen molar-refractivity contribution in [1.29, 1.82) is 0 Å². The molecule has 5 heteroatoms. The number of sulfone groups is 1. The van der Waals surface area contributed by atoms with Crippen LogP contribution in [-0.4, -0.2) is 13.7 Å². The lowest BCUT2D eigenvalue weighted by Gasteiger charge is -2.03.